The maximum absolute atomic E-state index is 11.8. The second-order valence-corrected chi connectivity index (χ2v) is 3.89. The monoisotopic (exact) mass is 180 g/mol. The Hall–Kier alpha value is -1.05. The molecule has 13 heavy (non-hydrogen) atoms. The molecule has 0 bridgehead atoms. The average molecular weight is 180 g/mol. The van der Waals surface area contributed by atoms with Crippen LogP contribution in [-0.2, 0) is 4.79 Å². The molecule has 72 valence electrons. The van der Waals surface area contributed by atoms with Crippen molar-refractivity contribution in [3.8, 4) is 0 Å². The number of allylic oxidation sites excluding steroid dienone is 2. The van der Waals surface area contributed by atoms with Crippen molar-refractivity contribution in [2.45, 2.75) is 32.6 Å². The number of carbonyl (C=O) groups excluding carboxylic acids is 1. The molecule has 2 nitrogen and oxygen atoms in total. The number of hydrogen-bond acceptors (Lipinski definition) is 2. The zero-order valence-electron chi connectivity index (χ0n) is 8.05. The van der Waals surface area contributed by atoms with Crippen molar-refractivity contribution >= 4 is 5.78 Å². The predicted octanol–water partition coefficient (Wildman–Crippen LogP) is 2.76. The molecule has 0 amide bonds. The van der Waals surface area contributed by atoms with E-state index < -0.39 is 0 Å². The number of rotatable bonds is 2. The van der Waals surface area contributed by atoms with Crippen molar-refractivity contribution < 1.29 is 9.90 Å². The Labute approximate surface area is 79.0 Å². The summed E-state index contributed by atoms with van der Waals surface area (Å²) in [4.78, 5) is 11.8. The Kier molecular flexibility index (Phi) is 2.91. The fourth-order valence-corrected chi connectivity index (χ4v) is 1.92. The zero-order chi connectivity index (χ0) is 9.90. The Balaban J connectivity index is 2.87. The first-order valence-corrected chi connectivity index (χ1v) is 4.63. The number of ketones is 1. The molecular formula is C11H16O2. The minimum absolute atomic E-state index is 0.0844. The highest BCUT2D eigenvalue weighted by Gasteiger charge is 2.36. The number of aliphatic hydroxyl groups excluding tert-OH is 1. The Morgan fingerprint density at radius 3 is 2.92 bits per heavy atom. The third kappa shape index (κ3) is 1.82. The molecule has 1 saturated carbocycles. The predicted molar refractivity (Wildman–Crippen MR) is 52.5 cm³/mol. The first-order valence-electron chi connectivity index (χ1n) is 4.63. The van der Waals surface area contributed by atoms with Crippen molar-refractivity contribution in [2.75, 3.05) is 0 Å². The summed E-state index contributed by atoms with van der Waals surface area (Å²) in [7, 11) is 0. The van der Waals surface area contributed by atoms with Crippen molar-refractivity contribution in [1.29, 1.82) is 0 Å². The van der Waals surface area contributed by atoms with Gasteiger partial charge in [0.1, 0.15) is 0 Å². The minimum Gasteiger partial charge on any atom is -0.515 e. The molecular weight excluding hydrogens is 164 g/mol. The lowest BCUT2D eigenvalue weighted by molar-refractivity contribution is -0.125. The lowest BCUT2D eigenvalue weighted by Crippen LogP contribution is -2.32. The molecule has 0 aliphatic heterocycles. The van der Waals surface area contributed by atoms with Crippen LogP contribution in [0.4, 0.5) is 0 Å². The van der Waals surface area contributed by atoms with Gasteiger partial charge in [-0.2, -0.15) is 0 Å². The molecule has 1 N–H and O–H groups in total. The molecule has 1 atom stereocenters. The fourth-order valence-electron chi connectivity index (χ4n) is 1.92. The zero-order valence-corrected chi connectivity index (χ0v) is 8.05. The van der Waals surface area contributed by atoms with E-state index in [9.17, 15) is 4.79 Å². The Morgan fingerprint density at radius 1 is 1.69 bits per heavy atom. The van der Waals surface area contributed by atoms with E-state index in [0.29, 0.717) is 18.4 Å². The van der Waals surface area contributed by atoms with E-state index in [1.54, 1.807) is 6.08 Å². The van der Waals surface area contributed by atoms with Gasteiger partial charge >= 0.3 is 0 Å². The summed E-state index contributed by atoms with van der Waals surface area (Å²) in [5.74, 6) is 0.0844. The Bertz CT molecular complexity index is 253. The van der Waals surface area contributed by atoms with Gasteiger partial charge in [0.15, 0.2) is 5.78 Å². The van der Waals surface area contributed by atoms with Crippen LogP contribution < -0.4 is 0 Å². The van der Waals surface area contributed by atoms with Crippen LogP contribution in [0.25, 0.3) is 0 Å². The lowest BCUT2D eigenvalue weighted by Gasteiger charge is -2.31. The molecule has 0 spiro atoms. The number of Topliss-reactive ketones (excluding diaryl/α,β-unsaturated/α-hetero) is 1. The van der Waals surface area contributed by atoms with E-state index >= 15 is 0 Å². The topological polar surface area (TPSA) is 37.3 Å². The van der Waals surface area contributed by atoms with Gasteiger partial charge in [0.2, 0.25) is 0 Å². The molecule has 2 heteroatoms. The van der Waals surface area contributed by atoms with Crippen molar-refractivity contribution in [3.05, 3.63) is 24.5 Å². The largest absolute Gasteiger partial charge is 0.515 e. The number of carbonyl (C=O) groups is 1. The quantitative estimate of drug-likeness (QED) is 0.403. The van der Waals surface area contributed by atoms with Gasteiger partial charge in [-0.1, -0.05) is 13.0 Å². The van der Waals surface area contributed by atoms with E-state index in [-0.39, 0.29) is 11.2 Å². The van der Waals surface area contributed by atoms with Crippen LogP contribution in [0, 0.1) is 5.41 Å². The van der Waals surface area contributed by atoms with E-state index in [1.165, 1.54) is 0 Å². The molecule has 0 heterocycles. The smallest absolute Gasteiger partial charge is 0.168 e. The molecule has 1 aliphatic rings. The van der Waals surface area contributed by atoms with Gasteiger partial charge in [-0.3, -0.25) is 4.79 Å². The molecule has 0 radical (unpaired) electrons. The summed E-state index contributed by atoms with van der Waals surface area (Å²) in [5, 5.41) is 8.85. The number of hydrogen-bond donors (Lipinski definition) is 1. The van der Waals surface area contributed by atoms with Crippen LogP contribution in [0.2, 0.25) is 0 Å². The summed E-state index contributed by atoms with van der Waals surface area (Å²) in [6.45, 7) is 5.60. The van der Waals surface area contributed by atoms with Crippen molar-refractivity contribution in [1.82, 2.24) is 0 Å². The van der Waals surface area contributed by atoms with Crippen LogP contribution in [0.3, 0.4) is 0 Å². The highest BCUT2D eigenvalue weighted by atomic mass is 16.2. The molecule has 1 unspecified atom stereocenters. The molecule has 0 saturated heterocycles. The standard InChI is InChI=1S/C11H16O2/c1-3-6-11(2)7-4-5-9(8-12)10(11)13/h3,8,12H,1,4-7H2,2H3. The number of aliphatic hydroxyl groups is 1. The van der Waals surface area contributed by atoms with Gasteiger partial charge in [0, 0.05) is 11.0 Å². The average Bonchev–Trinajstić information content (AvgIpc) is 2.11. The second kappa shape index (κ2) is 3.77. The van der Waals surface area contributed by atoms with Crippen LogP contribution in [-0.4, -0.2) is 10.9 Å². The third-order valence-electron chi connectivity index (χ3n) is 2.77. The summed E-state index contributed by atoms with van der Waals surface area (Å²) in [6.07, 6.45) is 6.02. The lowest BCUT2D eigenvalue weighted by atomic mass is 9.70. The van der Waals surface area contributed by atoms with E-state index in [4.69, 9.17) is 5.11 Å². The van der Waals surface area contributed by atoms with Crippen LogP contribution in [0.15, 0.2) is 24.5 Å². The normalized spacial score (nSPS) is 32.1. The van der Waals surface area contributed by atoms with Crippen LogP contribution in [0.1, 0.15) is 32.6 Å². The SMILES string of the molecule is C=CCC1(C)CCCC(=CO)C1=O. The molecule has 0 aromatic rings. The summed E-state index contributed by atoms with van der Waals surface area (Å²) in [5.41, 5.74) is 0.241. The molecule has 0 aromatic heterocycles. The van der Waals surface area contributed by atoms with Gasteiger partial charge in [0.25, 0.3) is 0 Å². The van der Waals surface area contributed by atoms with Crippen LogP contribution >= 0.6 is 0 Å². The van der Waals surface area contributed by atoms with Gasteiger partial charge < -0.3 is 5.11 Å². The Morgan fingerprint density at radius 2 is 2.38 bits per heavy atom. The van der Waals surface area contributed by atoms with Gasteiger partial charge in [-0.05, 0) is 25.7 Å². The van der Waals surface area contributed by atoms with Gasteiger partial charge in [-0.15, -0.1) is 6.58 Å². The fraction of sp³-hybridized carbons (Fsp3) is 0.545. The summed E-state index contributed by atoms with van der Waals surface area (Å²) in [6, 6.07) is 0. The van der Waals surface area contributed by atoms with E-state index in [2.05, 4.69) is 6.58 Å². The highest BCUT2D eigenvalue weighted by Crippen LogP contribution is 2.38. The van der Waals surface area contributed by atoms with Crippen LogP contribution in [0.5, 0.6) is 0 Å². The first kappa shape index (κ1) is 10.0. The minimum atomic E-state index is -0.325. The highest BCUT2D eigenvalue weighted by molar-refractivity contribution is 6.00. The first-order chi connectivity index (χ1) is 6.14. The van der Waals surface area contributed by atoms with Crippen molar-refractivity contribution in [2.24, 2.45) is 5.41 Å². The summed E-state index contributed by atoms with van der Waals surface area (Å²) < 4.78 is 0. The maximum Gasteiger partial charge on any atom is 0.168 e. The summed E-state index contributed by atoms with van der Waals surface area (Å²) >= 11 is 0. The molecule has 1 fully saturated rings. The second-order valence-electron chi connectivity index (χ2n) is 3.89. The van der Waals surface area contributed by atoms with E-state index in [0.717, 1.165) is 19.1 Å². The molecule has 0 aromatic carbocycles. The van der Waals surface area contributed by atoms with Crippen molar-refractivity contribution in [3.63, 3.8) is 0 Å². The molecule has 1 aliphatic carbocycles. The molecule has 1 rings (SSSR count). The van der Waals surface area contributed by atoms with Gasteiger partial charge in [0.05, 0.1) is 6.26 Å². The maximum atomic E-state index is 11.8. The van der Waals surface area contributed by atoms with E-state index in [1.807, 2.05) is 6.92 Å². The van der Waals surface area contributed by atoms with Gasteiger partial charge in [-0.25, -0.2) is 0 Å². The third-order valence-corrected chi connectivity index (χ3v) is 2.77.